The molecule has 4 heteroatoms. The molecule has 2 heterocycles. The van der Waals surface area contributed by atoms with Gasteiger partial charge >= 0.3 is 0 Å². The van der Waals surface area contributed by atoms with Gasteiger partial charge in [0.1, 0.15) is 5.82 Å². The number of nitrogens with one attached hydrogen (secondary N) is 1. The lowest BCUT2D eigenvalue weighted by Gasteiger charge is -2.06. The van der Waals surface area contributed by atoms with E-state index in [1.165, 1.54) is 16.3 Å². The van der Waals surface area contributed by atoms with E-state index in [1.807, 2.05) is 42.5 Å². The van der Waals surface area contributed by atoms with Gasteiger partial charge in [-0.1, -0.05) is 12.1 Å². The van der Waals surface area contributed by atoms with E-state index < -0.39 is 0 Å². The minimum absolute atomic E-state index is 0.776. The number of imidazole rings is 1. The van der Waals surface area contributed by atoms with E-state index in [9.17, 15) is 0 Å². The van der Waals surface area contributed by atoms with Gasteiger partial charge in [-0.25, -0.2) is 4.98 Å². The minimum atomic E-state index is 0.776. The van der Waals surface area contributed by atoms with Crippen molar-refractivity contribution in [1.29, 1.82) is 0 Å². The molecule has 0 aliphatic carbocycles. The van der Waals surface area contributed by atoms with Gasteiger partial charge in [-0.05, 0) is 23.1 Å². The largest absolute Gasteiger partial charge is 0.337 e. The zero-order chi connectivity index (χ0) is 13.1. The Balaban J connectivity index is 1.67. The zero-order valence-corrected chi connectivity index (χ0v) is 10.9. The molecule has 0 unspecified atom stereocenters. The van der Waals surface area contributed by atoms with E-state index in [2.05, 4.69) is 33.5 Å². The SMILES string of the molecule is Cn1ccnc1CNCc1ccc2cnccc2c1. The zero-order valence-electron chi connectivity index (χ0n) is 10.9. The number of fused-ring (bicyclic) bond motifs is 1. The Morgan fingerprint density at radius 3 is 2.89 bits per heavy atom. The van der Waals surface area contributed by atoms with Crippen LogP contribution in [0.3, 0.4) is 0 Å². The van der Waals surface area contributed by atoms with Crippen molar-refractivity contribution in [2.45, 2.75) is 13.1 Å². The Kier molecular flexibility index (Phi) is 3.25. The summed E-state index contributed by atoms with van der Waals surface area (Å²) in [5.74, 6) is 1.05. The summed E-state index contributed by atoms with van der Waals surface area (Å²) in [6.07, 6.45) is 7.49. The van der Waals surface area contributed by atoms with E-state index in [0.29, 0.717) is 0 Å². The van der Waals surface area contributed by atoms with Gasteiger partial charge in [0.2, 0.25) is 0 Å². The van der Waals surface area contributed by atoms with Gasteiger partial charge in [0.05, 0.1) is 6.54 Å². The highest BCUT2D eigenvalue weighted by molar-refractivity contribution is 5.81. The molecule has 0 aliphatic rings. The van der Waals surface area contributed by atoms with Crippen LogP contribution in [0.2, 0.25) is 0 Å². The summed E-state index contributed by atoms with van der Waals surface area (Å²) >= 11 is 0. The van der Waals surface area contributed by atoms with Gasteiger partial charge in [0.25, 0.3) is 0 Å². The first-order valence-electron chi connectivity index (χ1n) is 6.32. The molecule has 1 N–H and O–H groups in total. The second kappa shape index (κ2) is 5.20. The summed E-state index contributed by atoms with van der Waals surface area (Å²) in [7, 11) is 2.01. The first-order chi connectivity index (χ1) is 9.33. The van der Waals surface area contributed by atoms with E-state index in [1.54, 1.807) is 0 Å². The molecule has 2 aromatic heterocycles. The predicted molar refractivity (Wildman–Crippen MR) is 75.5 cm³/mol. The van der Waals surface area contributed by atoms with Crippen molar-refractivity contribution < 1.29 is 0 Å². The van der Waals surface area contributed by atoms with Crippen molar-refractivity contribution in [2.24, 2.45) is 7.05 Å². The molecule has 19 heavy (non-hydrogen) atoms. The van der Waals surface area contributed by atoms with Crippen LogP contribution in [0.4, 0.5) is 0 Å². The van der Waals surface area contributed by atoms with Crippen molar-refractivity contribution in [1.82, 2.24) is 19.9 Å². The average Bonchev–Trinajstić information content (AvgIpc) is 2.84. The van der Waals surface area contributed by atoms with Crippen LogP contribution in [0.5, 0.6) is 0 Å². The van der Waals surface area contributed by atoms with Crippen LogP contribution in [0.15, 0.2) is 49.1 Å². The molecule has 1 aromatic carbocycles. The van der Waals surface area contributed by atoms with E-state index in [4.69, 9.17) is 0 Å². The standard InChI is InChI=1S/C15H16N4/c1-19-7-6-18-15(19)11-17-9-12-2-3-14-10-16-5-4-13(14)8-12/h2-8,10,17H,9,11H2,1H3. The molecule has 0 saturated heterocycles. The Morgan fingerprint density at radius 2 is 2.05 bits per heavy atom. The highest BCUT2D eigenvalue weighted by atomic mass is 15.1. The fourth-order valence-corrected chi connectivity index (χ4v) is 2.13. The van der Waals surface area contributed by atoms with Crippen molar-refractivity contribution >= 4 is 10.8 Å². The third-order valence-corrected chi connectivity index (χ3v) is 3.24. The lowest BCUT2D eigenvalue weighted by Crippen LogP contribution is -2.15. The minimum Gasteiger partial charge on any atom is -0.337 e. The summed E-state index contributed by atoms with van der Waals surface area (Å²) in [4.78, 5) is 8.41. The lowest BCUT2D eigenvalue weighted by molar-refractivity contribution is 0.639. The third kappa shape index (κ3) is 2.63. The number of rotatable bonds is 4. The van der Waals surface area contributed by atoms with Gasteiger partial charge in [-0.3, -0.25) is 4.98 Å². The van der Waals surface area contributed by atoms with Gasteiger partial charge < -0.3 is 9.88 Å². The number of aryl methyl sites for hydroxylation is 1. The highest BCUT2D eigenvalue weighted by Crippen LogP contribution is 2.14. The van der Waals surface area contributed by atoms with Crippen LogP contribution < -0.4 is 5.32 Å². The predicted octanol–water partition coefficient (Wildman–Crippen LogP) is 2.26. The maximum Gasteiger partial charge on any atom is 0.122 e. The quantitative estimate of drug-likeness (QED) is 0.774. The van der Waals surface area contributed by atoms with Crippen LogP contribution in [0.25, 0.3) is 10.8 Å². The summed E-state index contributed by atoms with van der Waals surface area (Å²) < 4.78 is 2.03. The molecule has 0 atom stereocenters. The second-order valence-corrected chi connectivity index (χ2v) is 4.62. The molecule has 96 valence electrons. The van der Waals surface area contributed by atoms with Crippen molar-refractivity contribution in [3.63, 3.8) is 0 Å². The molecular formula is C15H16N4. The molecule has 3 aromatic rings. The van der Waals surface area contributed by atoms with Crippen LogP contribution in [-0.2, 0) is 20.1 Å². The molecular weight excluding hydrogens is 236 g/mol. The van der Waals surface area contributed by atoms with E-state index in [-0.39, 0.29) is 0 Å². The molecule has 0 amide bonds. The second-order valence-electron chi connectivity index (χ2n) is 4.62. The van der Waals surface area contributed by atoms with Crippen molar-refractivity contribution in [3.8, 4) is 0 Å². The summed E-state index contributed by atoms with van der Waals surface area (Å²) in [6, 6.07) is 8.48. The molecule has 0 spiro atoms. The summed E-state index contributed by atoms with van der Waals surface area (Å²) in [6.45, 7) is 1.61. The average molecular weight is 252 g/mol. The number of nitrogens with zero attached hydrogens (tertiary/aromatic N) is 3. The number of pyridine rings is 1. The Bertz CT molecular complexity index is 687. The van der Waals surface area contributed by atoms with Crippen LogP contribution in [0, 0.1) is 0 Å². The fraction of sp³-hybridized carbons (Fsp3) is 0.200. The van der Waals surface area contributed by atoms with Gasteiger partial charge in [-0.2, -0.15) is 0 Å². The number of hydrogen-bond donors (Lipinski definition) is 1. The molecule has 0 aliphatic heterocycles. The number of hydrogen-bond acceptors (Lipinski definition) is 3. The monoisotopic (exact) mass is 252 g/mol. The molecule has 3 rings (SSSR count). The highest BCUT2D eigenvalue weighted by Gasteiger charge is 1.99. The maximum absolute atomic E-state index is 4.29. The molecule has 0 bridgehead atoms. The topological polar surface area (TPSA) is 42.7 Å². The lowest BCUT2D eigenvalue weighted by atomic mass is 10.1. The van der Waals surface area contributed by atoms with Crippen molar-refractivity contribution in [2.75, 3.05) is 0 Å². The summed E-state index contributed by atoms with van der Waals surface area (Å²) in [5, 5.41) is 5.81. The van der Waals surface area contributed by atoms with E-state index >= 15 is 0 Å². The third-order valence-electron chi connectivity index (χ3n) is 3.24. The van der Waals surface area contributed by atoms with Gasteiger partial charge in [0, 0.05) is 43.8 Å². The Hall–Kier alpha value is -2.20. The van der Waals surface area contributed by atoms with Crippen LogP contribution in [-0.4, -0.2) is 14.5 Å². The molecule has 0 saturated carbocycles. The number of benzene rings is 1. The van der Waals surface area contributed by atoms with Crippen LogP contribution in [0.1, 0.15) is 11.4 Å². The van der Waals surface area contributed by atoms with Crippen molar-refractivity contribution in [3.05, 3.63) is 60.4 Å². The Labute approximate surface area is 112 Å². The van der Waals surface area contributed by atoms with Crippen LogP contribution >= 0.6 is 0 Å². The normalized spacial score (nSPS) is 11.0. The van der Waals surface area contributed by atoms with Gasteiger partial charge in [-0.15, -0.1) is 0 Å². The first kappa shape index (κ1) is 11.9. The first-order valence-corrected chi connectivity index (χ1v) is 6.32. The Morgan fingerprint density at radius 1 is 1.11 bits per heavy atom. The molecule has 0 fully saturated rings. The molecule has 4 nitrogen and oxygen atoms in total. The van der Waals surface area contributed by atoms with E-state index in [0.717, 1.165) is 18.9 Å². The summed E-state index contributed by atoms with van der Waals surface area (Å²) in [5.41, 5.74) is 1.27. The molecule has 0 radical (unpaired) electrons. The smallest absolute Gasteiger partial charge is 0.122 e. The van der Waals surface area contributed by atoms with Gasteiger partial charge in [0.15, 0.2) is 0 Å². The fourth-order valence-electron chi connectivity index (χ4n) is 2.13. The number of aromatic nitrogens is 3. The maximum atomic E-state index is 4.29.